The Labute approximate surface area is 164 Å². The summed E-state index contributed by atoms with van der Waals surface area (Å²) in [5.74, 6) is -2.73. The number of ether oxygens (including phenoxy) is 3. The van der Waals surface area contributed by atoms with Crippen molar-refractivity contribution in [2.45, 2.75) is 0 Å². The van der Waals surface area contributed by atoms with Crippen LogP contribution in [0.3, 0.4) is 0 Å². The molecule has 0 spiro atoms. The van der Waals surface area contributed by atoms with Gasteiger partial charge in [0.2, 0.25) is 0 Å². The van der Waals surface area contributed by atoms with Gasteiger partial charge in [-0.1, -0.05) is 6.07 Å². The van der Waals surface area contributed by atoms with Crippen LogP contribution in [0.1, 0.15) is 25.6 Å². The predicted octanol–water partition coefficient (Wildman–Crippen LogP) is 2.52. The van der Waals surface area contributed by atoms with Crippen LogP contribution >= 0.6 is 11.3 Å². The van der Waals surface area contributed by atoms with Crippen LogP contribution in [0.4, 0.5) is 5.69 Å². The molecule has 1 aromatic heterocycles. The molecule has 0 saturated carbocycles. The number of carbonyl (C=O) groups is 4. The lowest BCUT2D eigenvalue weighted by molar-refractivity contribution is -0.142. The minimum atomic E-state index is -0.706. The zero-order valence-corrected chi connectivity index (χ0v) is 15.9. The van der Waals surface area contributed by atoms with Gasteiger partial charge < -0.3 is 19.5 Å². The molecular weight excluding hydrogens is 386 g/mol. The first kappa shape index (κ1) is 20.8. The fourth-order valence-electron chi connectivity index (χ4n) is 2.09. The highest BCUT2D eigenvalue weighted by molar-refractivity contribution is 7.10. The molecule has 28 heavy (non-hydrogen) atoms. The molecule has 1 heterocycles. The molecule has 8 nitrogen and oxygen atoms in total. The number of esters is 3. The van der Waals surface area contributed by atoms with Crippen molar-refractivity contribution in [1.82, 2.24) is 0 Å². The summed E-state index contributed by atoms with van der Waals surface area (Å²) < 4.78 is 14.1. The van der Waals surface area contributed by atoms with E-state index in [9.17, 15) is 19.2 Å². The lowest BCUT2D eigenvalue weighted by atomic mass is 10.1. The average molecular weight is 403 g/mol. The number of thiophene rings is 1. The van der Waals surface area contributed by atoms with Gasteiger partial charge in [-0.05, 0) is 35.7 Å². The van der Waals surface area contributed by atoms with Crippen LogP contribution in [0.2, 0.25) is 0 Å². The Kier molecular flexibility index (Phi) is 7.46. The molecule has 0 aliphatic rings. The van der Waals surface area contributed by atoms with E-state index in [2.05, 4.69) is 14.8 Å². The van der Waals surface area contributed by atoms with Gasteiger partial charge >= 0.3 is 17.9 Å². The molecule has 1 N–H and O–H groups in total. The van der Waals surface area contributed by atoms with E-state index in [1.54, 1.807) is 6.08 Å². The van der Waals surface area contributed by atoms with Gasteiger partial charge in [-0.3, -0.25) is 4.79 Å². The summed E-state index contributed by atoms with van der Waals surface area (Å²) in [6.45, 7) is -0.573. The maximum absolute atomic E-state index is 12.1. The predicted molar refractivity (Wildman–Crippen MR) is 102 cm³/mol. The number of carbonyl (C=O) groups excluding carboxylic acids is 4. The summed E-state index contributed by atoms with van der Waals surface area (Å²) in [5.41, 5.74) is 0.193. The summed E-state index contributed by atoms with van der Waals surface area (Å²) >= 11 is 1.45. The Balaban J connectivity index is 2.03. The van der Waals surface area contributed by atoms with E-state index in [-0.39, 0.29) is 16.8 Å². The number of hydrogen-bond acceptors (Lipinski definition) is 8. The average Bonchev–Trinajstić information content (AvgIpc) is 3.23. The third-order valence-electron chi connectivity index (χ3n) is 3.39. The summed E-state index contributed by atoms with van der Waals surface area (Å²) in [4.78, 5) is 48.1. The van der Waals surface area contributed by atoms with Gasteiger partial charge in [0, 0.05) is 11.0 Å². The molecule has 0 aliphatic heterocycles. The molecule has 146 valence electrons. The summed E-state index contributed by atoms with van der Waals surface area (Å²) in [5, 5.41) is 4.28. The van der Waals surface area contributed by atoms with Crippen LogP contribution in [-0.2, 0) is 23.8 Å². The van der Waals surface area contributed by atoms with Gasteiger partial charge in [0.15, 0.2) is 6.61 Å². The van der Waals surface area contributed by atoms with Gasteiger partial charge in [-0.2, -0.15) is 0 Å². The van der Waals surface area contributed by atoms with Crippen molar-refractivity contribution in [3.05, 3.63) is 57.8 Å². The van der Waals surface area contributed by atoms with Crippen LogP contribution in [0.15, 0.2) is 41.8 Å². The molecule has 0 saturated heterocycles. The third-order valence-corrected chi connectivity index (χ3v) is 4.23. The minimum absolute atomic E-state index is 0.0323. The van der Waals surface area contributed by atoms with Gasteiger partial charge in [-0.25, -0.2) is 14.4 Å². The number of amides is 1. The second-order valence-corrected chi connectivity index (χ2v) is 6.23. The minimum Gasteiger partial charge on any atom is -0.465 e. The first-order valence-electron chi connectivity index (χ1n) is 7.93. The summed E-state index contributed by atoms with van der Waals surface area (Å²) in [6.07, 6.45) is 2.77. The van der Waals surface area contributed by atoms with Crippen molar-refractivity contribution in [3.8, 4) is 0 Å². The van der Waals surface area contributed by atoms with Gasteiger partial charge in [0.05, 0.1) is 31.0 Å². The van der Waals surface area contributed by atoms with E-state index in [1.807, 2.05) is 17.5 Å². The number of anilines is 1. The lowest BCUT2D eigenvalue weighted by Crippen LogP contribution is -2.22. The third kappa shape index (κ3) is 5.78. The highest BCUT2D eigenvalue weighted by atomic mass is 32.1. The molecule has 0 unspecified atom stereocenters. The molecule has 1 aromatic carbocycles. The highest BCUT2D eigenvalue weighted by Gasteiger charge is 2.17. The second kappa shape index (κ2) is 10.0. The smallest absolute Gasteiger partial charge is 0.339 e. The Hall–Kier alpha value is -3.46. The SMILES string of the molecule is COC(=O)c1ccc(C(=O)OC)c(NC(=O)COC(=O)C=Cc2cccs2)c1. The van der Waals surface area contributed by atoms with Crippen molar-refractivity contribution in [3.63, 3.8) is 0 Å². The standard InChI is InChI=1S/C19H17NO7S/c1-25-18(23)12-5-7-14(19(24)26-2)15(10-12)20-16(21)11-27-17(22)8-6-13-4-3-9-28-13/h3-10H,11H2,1-2H3,(H,20,21). The highest BCUT2D eigenvalue weighted by Crippen LogP contribution is 2.20. The number of methoxy groups -OCH3 is 2. The Morgan fingerprint density at radius 2 is 1.82 bits per heavy atom. The van der Waals surface area contributed by atoms with Gasteiger partial charge in [-0.15, -0.1) is 11.3 Å². The summed E-state index contributed by atoms with van der Waals surface area (Å²) in [6, 6.07) is 7.62. The zero-order chi connectivity index (χ0) is 20.5. The molecule has 0 aliphatic carbocycles. The molecule has 0 radical (unpaired) electrons. The van der Waals surface area contributed by atoms with Gasteiger partial charge in [0.25, 0.3) is 5.91 Å². The van der Waals surface area contributed by atoms with Crippen LogP contribution < -0.4 is 5.32 Å². The fraction of sp³-hybridized carbons (Fsp3) is 0.158. The van der Waals surface area contributed by atoms with Crippen LogP contribution in [-0.4, -0.2) is 44.6 Å². The van der Waals surface area contributed by atoms with E-state index in [4.69, 9.17) is 4.74 Å². The Morgan fingerprint density at radius 1 is 1.07 bits per heavy atom. The van der Waals surface area contributed by atoms with Crippen molar-refractivity contribution in [1.29, 1.82) is 0 Å². The molecule has 2 rings (SSSR count). The lowest BCUT2D eigenvalue weighted by Gasteiger charge is -2.11. The van der Waals surface area contributed by atoms with Gasteiger partial charge in [0.1, 0.15) is 0 Å². The molecule has 0 fully saturated rings. The molecule has 2 aromatic rings. The number of rotatable bonds is 7. The van der Waals surface area contributed by atoms with E-state index in [1.165, 1.54) is 49.8 Å². The first-order chi connectivity index (χ1) is 13.4. The van der Waals surface area contributed by atoms with Crippen LogP contribution in [0.5, 0.6) is 0 Å². The first-order valence-corrected chi connectivity index (χ1v) is 8.81. The quantitative estimate of drug-likeness (QED) is 0.430. The van der Waals surface area contributed by atoms with E-state index >= 15 is 0 Å². The molecule has 1 amide bonds. The maximum atomic E-state index is 12.1. The largest absolute Gasteiger partial charge is 0.465 e. The van der Waals surface area contributed by atoms with Crippen molar-refractivity contribution < 1.29 is 33.4 Å². The van der Waals surface area contributed by atoms with E-state index in [0.29, 0.717) is 0 Å². The molecule has 0 atom stereocenters. The molecule has 9 heteroatoms. The Morgan fingerprint density at radius 3 is 2.46 bits per heavy atom. The normalized spacial score (nSPS) is 10.4. The molecule has 0 bridgehead atoms. The van der Waals surface area contributed by atoms with Crippen molar-refractivity contribution in [2.24, 2.45) is 0 Å². The van der Waals surface area contributed by atoms with Crippen molar-refractivity contribution >= 4 is 46.9 Å². The second-order valence-electron chi connectivity index (χ2n) is 5.25. The fourth-order valence-corrected chi connectivity index (χ4v) is 2.71. The summed E-state index contributed by atoms with van der Waals surface area (Å²) in [7, 11) is 2.39. The van der Waals surface area contributed by atoms with Crippen LogP contribution in [0, 0.1) is 0 Å². The zero-order valence-electron chi connectivity index (χ0n) is 15.1. The van der Waals surface area contributed by atoms with Crippen molar-refractivity contribution in [2.75, 3.05) is 26.1 Å². The number of hydrogen-bond donors (Lipinski definition) is 1. The maximum Gasteiger partial charge on any atom is 0.339 e. The van der Waals surface area contributed by atoms with E-state index in [0.717, 1.165) is 4.88 Å². The monoisotopic (exact) mass is 403 g/mol. The number of nitrogens with one attached hydrogen (secondary N) is 1. The topological polar surface area (TPSA) is 108 Å². The van der Waals surface area contributed by atoms with Crippen LogP contribution in [0.25, 0.3) is 6.08 Å². The molecular formula is C19H17NO7S. The van der Waals surface area contributed by atoms with E-state index < -0.39 is 30.4 Å². The number of benzene rings is 1. The Bertz CT molecular complexity index is 903.